The van der Waals surface area contributed by atoms with Crippen LogP contribution in [0.25, 0.3) is 6.08 Å². The Kier molecular flexibility index (Phi) is 9.33. The monoisotopic (exact) mass is 563 g/mol. The quantitative estimate of drug-likeness (QED) is 0.267. The van der Waals surface area contributed by atoms with E-state index in [2.05, 4.69) is 26.9 Å². The first-order chi connectivity index (χ1) is 18.9. The van der Waals surface area contributed by atoms with Gasteiger partial charge in [-0.15, -0.1) is 0 Å². The van der Waals surface area contributed by atoms with E-state index < -0.39 is 18.5 Å². The predicted molar refractivity (Wildman–Crippen MR) is 145 cm³/mol. The molecule has 218 valence electrons. The number of hydrogen-bond donors (Lipinski definition) is 1. The summed E-state index contributed by atoms with van der Waals surface area (Å²) in [6.07, 6.45) is 4.51. The molecule has 0 atom stereocenters. The molecule has 1 saturated carbocycles. The molecular weight excluding hydrogens is 526 g/mol. The van der Waals surface area contributed by atoms with Gasteiger partial charge in [-0.05, 0) is 57.1 Å². The standard InChI is InChI=1S/C29H37F4N5O2/c1-20(4-5-23-18-37(3)36-21(23)2)27(39)34-24-8-12-28(30,13-9-24)14-17-38-15-10-22-6-7-26(35-25(22)11-16-38)40-19-29(31,32)33/h4-7,18,24H,1,8-17,19H2,2-3H3,(H,34,39)/b5-4-/t24-,28+. The number of fused-ring (bicyclic) bond motifs is 1. The third kappa shape index (κ3) is 8.39. The fourth-order valence-electron chi connectivity index (χ4n) is 5.28. The molecule has 1 amide bonds. The molecule has 2 aromatic heterocycles. The molecule has 11 heteroatoms. The number of amides is 1. The van der Waals surface area contributed by atoms with Crippen LogP contribution in [0.5, 0.6) is 5.88 Å². The van der Waals surface area contributed by atoms with E-state index in [1.807, 2.05) is 26.2 Å². The van der Waals surface area contributed by atoms with Crippen molar-refractivity contribution in [3.05, 3.63) is 59.1 Å². The van der Waals surface area contributed by atoms with Gasteiger partial charge in [-0.2, -0.15) is 18.3 Å². The van der Waals surface area contributed by atoms with Crippen LogP contribution in [-0.4, -0.2) is 69.7 Å². The number of pyridine rings is 1. The van der Waals surface area contributed by atoms with Gasteiger partial charge in [-0.3, -0.25) is 9.48 Å². The van der Waals surface area contributed by atoms with Gasteiger partial charge in [0.05, 0.1) is 5.69 Å². The van der Waals surface area contributed by atoms with Gasteiger partial charge in [0.15, 0.2) is 6.61 Å². The van der Waals surface area contributed by atoms with E-state index in [-0.39, 0.29) is 17.8 Å². The van der Waals surface area contributed by atoms with Crippen LogP contribution in [0.4, 0.5) is 17.6 Å². The Bertz CT molecular complexity index is 1230. The molecule has 0 bridgehead atoms. The molecular formula is C29H37F4N5O2. The van der Waals surface area contributed by atoms with Crippen molar-refractivity contribution in [2.24, 2.45) is 7.05 Å². The minimum atomic E-state index is -4.41. The third-order valence-electron chi connectivity index (χ3n) is 7.69. The van der Waals surface area contributed by atoms with Gasteiger partial charge in [0, 0.05) is 68.2 Å². The molecule has 0 saturated heterocycles. The summed E-state index contributed by atoms with van der Waals surface area (Å²) in [5.41, 5.74) is 2.56. The van der Waals surface area contributed by atoms with E-state index in [0.717, 1.165) is 29.1 Å². The Morgan fingerprint density at radius 1 is 1.25 bits per heavy atom. The second-order valence-corrected chi connectivity index (χ2v) is 10.9. The van der Waals surface area contributed by atoms with Crippen LogP contribution in [-0.2, 0) is 24.7 Å². The van der Waals surface area contributed by atoms with Crippen LogP contribution in [0.15, 0.2) is 36.6 Å². The Morgan fingerprint density at radius 2 is 1.98 bits per heavy atom. The molecule has 2 aliphatic rings. The van der Waals surface area contributed by atoms with Crippen LogP contribution in [0.2, 0.25) is 0 Å². The van der Waals surface area contributed by atoms with E-state index in [4.69, 9.17) is 4.74 Å². The van der Waals surface area contributed by atoms with E-state index in [9.17, 15) is 18.0 Å². The molecule has 1 fully saturated rings. The summed E-state index contributed by atoms with van der Waals surface area (Å²) in [6, 6.07) is 3.16. The molecule has 40 heavy (non-hydrogen) atoms. The van der Waals surface area contributed by atoms with Crippen molar-refractivity contribution >= 4 is 12.0 Å². The number of alkyl halides is 4. The fraction of sp³-hybridized carbons (Fsp3) is 0.552. The van der Waals surface area contributed by atoms with Crippen LogP contribution < -0.4 is 10.1 Å². The molecule has 0 unspecified atom stereocenters. The second-order valence-electron chi connectivity index (χ2n) is 10.9. The van der Waals surface area contributed by atoms with Gasteiger partial charge < -0.3 is 15.0 Å². The molecule has 0 radical (unpaired) electrons. The third-order valence-corrected chi connectivity index (χ3v) is 7.69. The zero-order valence-electron chi connectivity index (χ0n) is 23.1. The molecule has 4 rings (SSSR count). The molecule has 1 aliphatic carbocycles. The minimum absolute atomic E-state index is 0.0284. The van der Waals surface area contributed by atoms with Gasteiger partial charge in [0.1, 0.15) is 5.67 Å². The maximum Gasteiger partial charge on any atom is 0.422 e. The van der Waals surface area contributed by atoms with Crippen LogP contribution in [0, 0.1) is 6.92 Å². The SMILES string of the molecule is C=C(/C=C\c1cn(C)nc1C)C(=O)N[C@H]1CC[C@](F)(CCN2CCc3ccc(OCC(F)(F)F)nc3CC2)CC1. The topological polar surface area (TPSA) is 72.3 Å². The number of halogens is 4. The Hall–Kier alpha value is -3.21. The molecule has 0 spiro atoms. The molecule has 3 heterocycles. The van der Waals surface area contributed by atoms with Gasteiger partial charge in [0.2, 0.25) is 5.88 Å². The van der Waals surface area contributed by atoms with E-state index in [1.54, 1.807) is 16.8 Å². The van der Waals surface area contributed by atoms with Crippen molar-refractivity contribution in [2.45, 2.75) is 69.8 Å². The number of rotatable bonds is 9. The Balaban J connectivity index is 1.19. The van der Waals surface area contributed by atoms with Crippen molar-refractivity contribution in [1.82, 2.24) is 25.0 Å². The van der Waals surface area contributed by atoms with Crippen molar-refractivity contribution < 1.29 is 27.1 Å². The summed E-state index contributed by atoms with van der Waals surface area (Å²) in [4.78, 5) is 19.1. The summed E-state index contributed by atoms with van der Waals surface area (Å²) < 4.78 is 59.5. The number of hydrogen-bond acceptors (Lipinski definition) is 5. The van der Waals surface area contributed by atoms with E-state index in [1.165, 1.54) is 6.07 Å². The summed E-state index contributed by atoms with van der Waals surface area (Å²) in [6.45, 7) is 6.38. The lowest BCUT2D eigenvalue weighted by molar-refractivity contribution is -0.154. The van der Waals surface area contributed by atoms with Gasteiger partial charge in [-0.1, -0.05) is 18.7 Å². The first-order valence-corrected chi connectivity index (χ1v) is 13.7. The lowest BCUT2D eigenvalue weighted by atomic mass is 9.81. The zero-order chi connectivity index (χ0) is 28.9. The van der Waals surface area contributed by atoms with Crippen molar-refractivity contribution in [3.8, 4) is 5.88 Å². The first-order valence-electron chi connectivity index (χ1n) is 13.7. The first kappa shape index (κ1) is 29.8. The normalized spacial score (nSPS) is 22.1. The average molecular weight is 564 g/mol. The average Bonchev–Trinajstić information content (AvgIpc) is 3.09. The second kappa shape index (κ2) is 12.5. The highest BCUT2D eigenvalue weighted by Crippen LogP contribution is 2.35. The van der Waals surface area contributed by atoms with E-state index in [0.29, 0.717) is 63.6 Å². The number of aryl methyl sites for hydroxylation is 2. The molecule has 2 aromatic rings. The summed E-state index contributed by atoms with van der Waals surface area (Å²) >= 11 is 0. The van der Waals surface area contributed by atoms with Crippen LogP contribution in [0.3, 0.4) is 0 Å². The van der Waals surface area contributed by atoms with Gasteiger partial charge in [-0.25, -0.2) is 9.37 Å². The Morgan fingerprint density at radius 3 is 2.65 bits per heavy atom. The number of aromatic nitrogens is 3. The van der Waals surface area contributed by atoms with E-state index >= 15 is 4.39 Å². The maximum absolute atomic E-state index is 15.6. The highest BCUT2D eigenvalue weighted by Gasteiger charge is 2.36. The van der Waals surface area contributed by atoms with Crippen LogP contribution >= 0.6 is 0 Å². The molecule has 7 nitrogen and oxygen atoms in total. The molecule has 0 aromatic carbocycles. The minimum Gasteiger partial charge on any atom is -0.468 e. The number of ether oxygens (including phenoxy) is 1. The van der Waals surface area contributed by atoms with Crippen molar-refractivity contribution in [2.75, 3.05) is 26.2 Å². The number of nitrogens with zero attached hydrogens (tertiary/aromatic N) is 4. The Labute approximate surface area is 232 Å². The maximum atomic E-state index is 15.6. The number of carbonyl (C=O) groups excluding carboxylic acids is 1. The van der Waals surface area contributed by atoms with Crippen LogP contribution in [0.1, 0.15) is 54.6 Å². The lowest BCUT2D eigenvalue weighted by Gasteiger charge is -2.35. The van der Waals surface area contributed by atoms with Crippen molar-refractivity contribution in [1.29, 1.82) is 0 Å². The number of nitrogens with one attached hydrogen (secondary N) is 1. The smallest absolute Gasteiger partial charge is 0.422 e. The van der Waals surface area contributed by atoms with Crippen molar-refractivity contribution in [3.63, 3.8) is 0 Å². The highest BCUT2D eigenvalue weighted by atomic mass is 19.4. The summed E-state index contributed by atoms with van der Waals surface area (Å²) in [5.74, 6) is -0.280. The predicted octanol–water partition coefficient (Wildman–Crippen LogP) is 4.89. The zero-order valence-corrected chi connectivity index (χ0v) is 23.1. The molecule has 1 N–H and O–H groups in total. The highest BCUT2D eigenvalue weighted by molar-refractivity contribution is 5.96. The van der Waals surface area contributed by atoms with Gasteiger partial charge in [0.25, 0.3) is 5.91 Å². The summed E-state index contributed by atoms with van der Waals surface area (Å²) in [5, 5.41) is 7.26. The lowest BCUT2D eigenvalue weighted by Crippen LogP contribution is -2.43. The molecule has 1 aliphatic heterocycles. The number of carbonyl (C=O) groups is 1. The fourth-order valence-corrected chi connectivity index (χ4v) is 5.28. The van der Waals surface area contributed by atoms with Gasteiger partial charge >= 0.3 is 6.18 Å². The largest absolute Gasteiger partial charge is 0.468 e. The summed E-state index contributed by atoms with van der Waals surface area (Å²) in [7, 11) is 1.84.